The van der Waals surface area contributed by atoms with Crippen LogP contribution >= 0.6 is 15.9 Å². The number of rotatable bonds is 4. The highest BCUT2D eigenvalue weighted by Crippen LogP contribution is 2.23. The van der Waals surface area contributed by atoms with Crippen molar-refractivity contribution in [2.75, 3.05) is 0 Å². The van der Waals surface area contributed by atoms with E-state index in [1.807, 2.05) is 31.2 Å². The van der Waals surface area contributed by atoms with E-state index < -0.39 is 11.6 Å². The zero-order valence-electron chi connectivity index (χ0n) is 10.5. The summed E-state index contributed by atoms with van der Waals surface area (Å²) in [6.45, 7) is 2.51. The third-order valence-electron chi connectivity index (χ3n) is 2.97. The third kappa shape index (κ3) is 3.61. The first-order valence-corrected chi connectivity index (χ1v) is 6.79. The van der Waals surface area contributed by atoms with Crippen LogP contribution in [0, 0.1) is 11.6 Å². The van der Waals surface area contributed by atoms with Gasteiger partial charge in [-0.1, -0.05) is 40.2 Å². The van der Waals surface area contributed by atoms with Crippen LogP contribution in [0.4, 0.5) is 8.78 Å². The topological polar surface area (TPSA) is 12.0 Å². The van der Waals surface area contributed by atoms with E-state index in [2.05, 4.69) is 21.2 Å². The highest BCUT2D eigenvalue weighted by atomic mass is 79.9. The number of benzene rings is 2. The van der Waals surface area contributed by atoms with Gasteiger partial charge in [0, 0.05) is 17.1 Å². The van der Waals surface area contributed by atoms with Gasteiger partial charge in [-0.2, -0.15) is 0 Å². The van der Waals surface area contributed by atoms with E-state index in [0.29, 0.717) is 6.54 Å². The normalized spacial score (nSPS) is 12.4. The smallest absolute Gasteiger partial charge is 0.159 e. The van der Waals surface area contributed by atoms with Gasteiger partial charge in [-0.05, 0) is 36.2 Å². The van der Waals surface area contributed by atoms with E-state index in [9.17, 15) is 8.78 Å². The van der Waals surface area contributed by atoms with E-state index in [1.54, 1.807) is 6.07 Å². The van der Waals surface area contributed by atoms with Gasteiger partial charge in [-0.3, -0.25) is 0 Å². The molecule has 0 heterocycles. The first-order valence-electron chi connectivity index (χ1n) is 5.99. The second-order valence-electron chi connectivity index (χ2n) is 4.37. The Labute approximate surface area is 119 Å². The van der Waals surface area contributed by atoms with E-state index >= 15 is 0 Å². The van der Waals surface area contributed by atoms with Crippen LogP contribution in [0.1, 0.15) is 24.1 Å². The van der Waals surface area contributed by atoms with Crippen LogP contribution in [-0.2, 0) is 6.54 Å². The molecule has 1 atom stereocenters. The molecule has 0 unspecified atom stereocenters. The Morgan fingerprint density at radius 1 is 1.11 bits per heavy atom. The van der Waals surface area contributed by atoms with Crippen LogP contribution in [0.25, 0.3) is 0 Å². The van der Waals surface area contributed by atoms with Crippen LogP contribution in [-0.4, -0.2) is 0 Å². The molecule has 0 aliphatic heterocycles. The molecule has 0 bridgehead atoms. The summed E-state index contributed by atoms with van der Waals surface area (Å²) in [5, 5.41) is 3.28. The van der Waals surface area contributed by atoms with Crippen LogP contribution in [0.15, 0.2) is 46.9 Å². The third-order valence-corrected chi connectivity index (χ3v) is 3.69. The van der Waals surface area contributed by atoms with Crippen molar-refractivity contribution in [1.82, 2.24) is 5.32 Å². The highest BCUT2D eigenvalue weighted by Gasteiger charge is 2.09. The Morgan fingerprint density at radius 3 is 2.53 bits per heavy atom. The molecule has 0 aliphatic rings. The van der Waals surface area contributed by atoms with Gasteiger partial charge in [0.15, 0.2) is 11.6 Å². The van der Waals surface area contributed by atoms with Crippen molar-refractivity contribution in [2.45, 2.75) is 19.5 Å². The van der Waals surface area contributed by atoms with Gasteiger partial charge < -0.3 is 5.32 Å². The lowest BCUT2D eigenvalue weighted by molar-refractivity contribution is 0.504. The molecule has 0 aliphatic carbocycles. The van der Waals surface area contributed by atoms with Gasteiger partial charge in [0.2, 0.25) is 0 Å². The molecule has 4 heteroatoms. The molecule has 0 radical (unpaired) electrons. The molecule has 0 saturated carbocycles. The average molecular weight is 326 g/mol. The molecule has 1 nitrogen and oxygen atoms in total. The Balaban J connectivity index is 2.02. The molecule has 0 fully saturated rings. The fourth-order valence-corrected chi connectivity index (χ4v) is 2.48. The zero-order chi connectivity index (χ0) is 13.8. The van der Waals surface area contributed by atoms with Crippen molar-refractivity contribution in [3.05, 3.63) is 69.7 Å². The van der Waals surface area contributed by atoms with Crippen LogP contribution in [0.5, 0.6) is 0 Å². The predicted octanol–water partition coefficient (Wildman–Crippen LogP) is 4.58. The Morgan fingerprint density at radius 2 is 1.84 bits per heavy atom. The second-order valence-corrected chi connectivity index (χ2v) is 5.23. The van der Waals surface area contributed by atoms with Gasteiger partial charge in [-0.25, -0.2) is 8.78 Å². The van der Waals surface area contributed by atoms with E-state index in [0.717, 1.165) is 21.7 Å². The van der Waals surface area contributed by atoms with E-state index in [-0.39, 0.29) is 6.04 Å². The van der Waals surface area contributed by atoms with Gasteiger partial charge in [0.25, 0.3) is 0 Å². The molecule has 0 amide bonds. The number of hydrogen-bond donors (Lipinski definition) is 1. The molecule has 2 rings (SSSR count). The second kappa shape index (κ2) is 6.26. The Bertz CT molecular complexity index is 572. The van der Waals surface area contributed by atoms with Crippen molar-refractivity contribution < 1.29 is 8.78 Å². The molecule has 2 aromatic carbocycles. The number of nitrogens with one attached hydrogen (secondary N) is 1. The summed E-state index contributed by atoms with van der Waals surface area (Å²) in [4.78, 5) is 0. The SMILES string of the molecule is C[C@@H](NCc1ccc(F)c(F)c1)c1ccccc1Br. The predicted molar refractivity (Wildman–Crippen MR) is 75.8 cm³/mol. The summed E-state index contributed by atoms with van der Waals surface area (Å²) >= 11 is 3.49. The molecule has 100 valence electrons. The quantitative estimate of drug-likeness (QED) is 0.867. The minimum Gasteiger partial charge on any atom is -0.306 e. The molecule has 0 spiro atoms. The van der Waals surface area contributed by atoms with Gasteiger partial charge in [0.05, 0.1) is 0 Å². The van der Waals surface area contributed by atoms with E-state index in [1.165, 1.54) is 6.07 Å². The fraction of sp³-hybridized carbons (Fsp3) is 0.200. The van der Waals surface area contributed by atoms with Crippen LogP contribution in [0.3, 0.4) is 0 Å². The maximum absolute atomic E-state index is 13.1. The van der Waals surface area contributed by atoms with Crippen molar-refractivity contribution in [3.63, 3.8) is 0 Å². The fourth-order valence-electron chi connectivity index (χ4n) is 1.86. The summed E-state index contributed by atoms with van der Waals surface area (Å²) < 4.78 is 26.9. The minimum absolute atomic E-state index is 0.115. The van der Waals surface area contributed by atoms with Gasteiger partial charge in [0.1, 0.15) is 0 Å². The summed E-state index contributed by atoms with van der Waals surface area (Å²) in [5.41, 5.74) is 1.85. The maximum atomic E-state index is 13.1. The lowest BCUT2D eigenvalue weighted by atomic mass is 10.1. The molecule has 2 aromatic rings. The molecular formula is C15H14BrF2N. The summed E-state index contributed by atoms with van der Waals surface area (Å²) in [5.74, 6) is -1.63. The van der Waals surface area contributed by atoms with Crippen molar-refractivity contribution in [3.8, 4) is 0 Å². The Hall–Kier alpha value is -1.26. The van der Waals surface area contributed by atoms with Crippen molar-refractivity contribution in [1.29, 1.82) is 0 Å². The molecule has 0 aromatic heterocycles. The lowest BCUT2D eigenvalue weighted by Gasteiger charge is -2.16. The minimum atomic E-state index is -0.817. The first-order chi connectivity index (χ1) is 9.08. The van der Waals surface area contributed by atoms with Crippen LogP contribution < -0.4 is 5.32 Å². The van der Waals surface area contributed by atoms with Crippen molar-refractivity contribution >= 4 is 15.9 Å². The van der Waals surface area contributed by atoms with Crippen LogP contribution in [0.2, 0.25) is 0 Å². The number of halogens is 3. The zero-order valence-corrected chi connectivity index (χ0v) is 12.0. The van der Waals surface area contributed by atoms with E-state index in [4.69, 9.17) is 0 Å². The summed E-state index contributed by atoms with van der Waals surface area (Å²) in [6.07, 6.45) is 0. The highest BCUT2D eigenvalue weighted by molar-refractivity contribution is 9.10. The molecule has 1 N–H and O–H groups in total. The average Bonchev–Trinajstić information content (AvgIpc) is 2.40. The Kier molecular flexibility index (Phi) is 4.66. The molecule has 19 heavy (non-hydrogen) atoms. The maximum Gasteiger partial charge on any atom is 0.159 e. The van der Waals surface area contributed by atoms with Gasteiger partial charge >= 0.3 is 0 Å². The van der Waals surface area contributed by atoms with Gasteiger partial charge in [-0.15, -0.1) is 0 Å². The largest absolute Gasteiger partial charge is 0.306 e. The first kappa shape index (κ1) is 14.2. The standard InChI is InChI=1S/C15H14BrF2N/c1-10(12-4-2-3-5-13(12)16)19-9-11-6-7-14(17)15(18)8-11/h2-8,10,19H,9H2,1H3/t10-/m1/s1. The monoisotopic (exact) mass is 325 g/mol. The molecular weight excluding hydrogens is 312 g/mol. The van der Waals surface area contributed by atoms with Crippen molar-refractivity contribution in [2.24, 2.45) is 0 Å². The summed E-state index contributed by atoms with van der Waals surface area (Å²) in [6, 6.07) is 12.0. The number of hydrogen-bond acceptors (Lipinski definition) is 1. The summed E-state index contributed by atoms with van der Waals surface area (Å²) in [7, 11) is 0. The lowest BCUT2D eigenvalue weighted by Crippen LogP contribution is -2.18. The molecule has 0 saturated heterocycles.